The quantitative estimate of drug-likeness (QED) is 0.849. The molecule has 21 heavy (non-hydrogen) atoms. The van der Waals surface area contributed by atoms with Crippen LogP contribution in [0.15, 0.2) is 18.2 Å². The second-order valence-corrected chi connectivity index (χ2v) is 5.08. The van der Waals surface area contributed by atoms with Crippen molar-refractivity contribution in [3.8, 4) is 11.8 Å². The third-order valence-electron chi connectivity index (χ3n) is 3.63. The molecular weight excluding hydrogens is 283 g/mol. The molecule has 2 unspecified atom stereocenters. The summed E-state index contributed by atoms with van der Waals surface area (Å²) in [5.41, 5.74) is -1.35. The van der Waals surface area contributed by atoms with E-state index in [9.17, 15) is 13.2 Å². The lowest BCUT2D eigenvalue weighted by Crippen LogP contribution is -2.29. The molecular formula is C15H16F3NO2. The van der Waals surface area contributed by atoms with Crippen LogP contribution < -0.4 is 4.74 Å². The van der Waals surface area contributed by atoms with Crippen molar-refractivity contribution in [2.45, 2.75) is 44.1 Å². The molecule has 0 aliphatic heterocycles. The molecule has 1 saturated carbocycles. The van der Waals surface area contributed by atoms with Gasteiger partial charge in [0, 0.05) is 13.5 Å². The minimum atomic E-state index is -4.53. The van der Waals surface area contributed by atoms with Crippen LogP contribution in [0.1, 0.15) is 36.8 Å². The first-order chi connectivity index (χ1) is 9.94. The number of hydrogen-bond acceptors (Lipinski definition) is 3. The fraction of sp³-hybridized carbons (Fsp3) is 0.533. The molecule has 114 valence electrons. The molecule has 0 N–H and O–H groups in total. The number of methoxy groups -OCH3 is 1. The Kier molecular flexibility index (Phi) is 4.73. The maximum Gasteiger partial charge on any atom is 0.417 e. The van der Waals surface area contributed by atoms with Crippen LogP contribution in [0.3, 0.4) is 0 Å². The molecule has 2 rings (SSSR count). The van der Waals surface area contributed by atoms with Crippen LogP contribution in [0, 0.1) is 11.3 Å². The first-order valence-corrected chi connectivity index (χ1v) is 6.75. The summed E-state index contributed by atoms with van der Waals surface area (Å²) < 4.78 is 49.1. The number of rotatable bonds is 3. The Balaban J connectivity index is 2.13. The monoisotopic (exact) mass is 299 g/mol. The molecule has 2 atom stereocenters. The van der Waals surface area contributed by atoms with Gasteiger partial charge in [0.2, 0.25) is 0 Å². The van der Waals surface area contributed by atoms with Crippen molar-refractivity contribution in [2.24, 2.45) is 0 Å². The lowest BCUT2D eigenvalue weighted by atomic mass is 9.95. The molecule has 1 fully saturated rings. The van der Waals surface area contributed by atoms with E-state index in [1.54, 1.807) is 13.2 Å². The van der Waals surface area contributed by atoms with Crippen molar-refractivity contribution in [1.29, 1.82) is 5.26 Å². The Bertz CT molecular complexity index is 537. The van der Waals surface area contributed by atoms with E-state index >= 15 is 0 Å². The minimum Gasteiger partial charge on any atom is -0.490 e. The SMILES string of the molecule is COC1CCCC(Oc2ccc(C(F)(F)F)c(C#N)c2)C1. The largest absolute Gasteiger partial charge is 0.490 e. The number of benzene rings is 1. The van der Waals surface area contributed by atoms with E-state index in [4.69, 9.17) is 14.7 Å². The van der Waals surface area contributed by atoms with Gasteiger partial charge in [-0.3, -0.25) is 0 Å². The van der Waals surface area contributed by atoms with Gasteiger partial charge in [-0.05, 0) is 37.5 Å². The van der Waals surface area contributed by atoms with Gasteiger partial charge in [-0.2, -0.15) is 18.4 Å². The predicted molar refractivity (Wildman–Crippen MR) is 69.8 cm³/mol. The molecule has 0 amide bonds. The number of nitriles is 1. The molecule has 0 bridgehead atoms. The van der Waals surface area contributed by atoms with Gasteiger partial charge in [-0.25, -0.2) is 0 Å². The normalized spacial score (nSPS) is 22.6. The molecule has 0 spiro atoms. The Morgan fingerprint density at radius 3 is 2.57 bits per heavy atom. The molecule has 1 aliphatic carbocycles. The highest BCUT2D eigenvalue weighted by molar-refractivity contribution is 5.44. The smallest absolute Gasteiger partial charge is 0.417 e. The van der Waals surface area contributed by atoms with Gasteiger partial charge in [-0.1, -0.05) is 0 Å². The first kappa shape index (κ1) is 15.6. The topological polar surface area (TPSA) is 42.2 Å². The zero-order chi connectivity index (χ0) is 15.5. The summed E-state index contributed by atoms with van der Waals surface area (Å²) in [4.78, 5) is 0. The lowest BCUT2D eigenvalue weighted by Gasteiger charge is -2.28. The van der Waals surface area contributed by atoms with E-state index in [1.165, 1.54) is 6.07 Å². The Morgan fingerprint density at radius 2 is 1.95 bits per heavy atom. The maximum absolute atomic E-state index is 12.7. The molecule has 1 aromatic rings. The average molecular weight is 299 g/mol. The highest BCUT2D eigenvalue weighted by atomic mass is 19.4. The van der Waals surface area contributed by atoms with Gasteiger partial charge < -0.3 is 9.47 Å². The van der Waals surface area contributed by atoms with Crippen LogP contribution in [0.5, 0.6) is 5.75 Å². The summed E-state index contributed by atoms with van der Waals surface area (Å²) in [6.45, 7) is 0. The summed E-state index contributed by atoms with van der Waals surface area (Å²) in [6.07, 6.45) is -1.04. The van der Waals surface area contributed by atoms with Gasteiger partial charge in [0.1, 0.15) is 11.9 Å². The van der Waals surface area contributed by atoms with Crippen molar-refractivity contribution in [1.82, 2.24) is 0 Å². The fourth-order valence-electron chi connectivity index (χ4n) is 2.55. The van der Waals surface area contributed by atoms with Crippen LogP contribution in [0.2, 0.25) is 0 Å². The van der Waals surface area contributed by atoms with Gasteiger partial charge in [-0.15, -0.1) is 0 Å². The molecule has 1 aromatic carbocycles. The predicted octanol–water partition coefficient (Wildman–Crippen LogP) is 3.91. The van der Waals surface area contributed by atoms with Crippen LogP contribution in [0.4, 0.5) is 13.2 Å². The summed E-state index contributed by atoms with van der Waals surface area (Å²) in [5.74, 6) is 0.293. The van der Waals surface area contributed by atoms with Crippen molar-refractivity contribution >= 4 is 0 Å². The van der Waals surface area contributed by atoms with E-state index < -0.39 is 17.3 Å². The lowest BCUT2D eigenvalue weighted by molar-refractivity contribution is -0.137. The third-order valence-corrected chi connectivity index (χ3v) is 3.63. The Labute approximate surface area is 121 Å². The second kappa shape index (κ2) is 6.35. The molecule has 3 nitrogen and oxygen atoms in total. The van der Waals surface area contributed by atoms with Crippen molar-refractivity contribution in [2.75, 3.05) is 7.11 Å². The molecule has 6 heteroatoms. The number of halogens is 3. The van der Waals surface area contributed by atoms with Crippen molar-refractivity contribution < 1.29 is 22.6 Å². The average Bonchev–Trinajstić information content (AvgIpc) is 2.46. The summed E-state index contributed by atoms with van der Waals surface area (Å²) in [6, 6.07) is 4.88. The van der Waals surface area contributed by atoms with E-state index in [0.717, 1.165) is 31.4 Å². The highest BCUT2D eigenvalue weighted by Crippen LogP contribution is 2.34. The van der Waals surface area contributed by atoms with E-state index in [-0.39, 0.29) is 12.2 Å². The van der Waals surface area contributed by atoms with Gasteiger partial charge in [0.05, 0.1) is 23.3 Å². The summed E-state index contributed by atoms with van der Waals surface area (Å²) >= 11 is 0. The van der Waals surface area contributed by atoms with Crippen molar-refractivity contribution in [3.63, 3.8) is 0 Å². The van der Waals surface area contributed by atoms with Crippen LogP contribution in [0.25, 0.3) is 0 Å². The molecule has 0 heterocycles. The van der Waals surface area contributed by atoms with Crippen molar-refractivity contribution in [3.05, 3.63) is 29.3 Å². The zero-order valence-corrected chi connectivity index (χ0v) is 11.6. The number of ether oxygens (including phenoxy) is 2. The number of alkyl halides is 3. The maximum atomic E-state index is 12.7. The highest BCUT2D eigenvalue weighted by Gasteiger charge is 2.34. The first-order valence-electron chi connectivity index (χ1n) is 6.75. The number of hydrogen-bond donors (Lipinski definition) is 0. The molecule has 0 saturated heterocycles. The molecule has 1 aliphatic rings. The van der Waals surface area contributed by atoms with Crippen LogP contribution >= 0.6 is 0 Å². The van der Waals surface area contributed by atoms with E-state index in [2.05, 4.69) is 0 Å². The molecule has 0 radical (unpaired) electrons. The van der Waals surface area contributed by atoms with E-state index in [1.807, 2.05) is 0 Å². The summed E-state index contributed by atoms with van der Waals surface area (Å²) in [7, 11) is 1.64. The van der Waals surface area contributed by atoms with Crippen LogP contribution in [-0.4, -0.2) is 19.3 Å². The fourth-order valence-corrected chi connectivity index (χ4v) is 2.55. The third kappa shape index (κ3) is 3.88. The summed E-state index contributed by atoms with van der Waals surface area (Å²) in [5, 5.41) is 8.87. The second-order valence-electron chi connectivity index (χ2n) is 5.08. The number of nitrogens with zero attached hydrogens (tertiary/aromatic N) is 1. The van der Waals surface area contributed by atoms with Gasteiger partial charge >= 0.3 is 6.18 Å². The van der Waals surface area contributed by atoms with E-state index in [0.29, 0.717) is 12.2 Å². The van der Waals surface area contributed by atoms with Crippen LogP contribution in [-0.2, 0) is 10.9 Å². The Hall–Kier alpha value is -1.74. The van der Waals surface area contributed by atoms with Gasteiger partial charge in [0.15, 0.2) is 0 Å². The zero-order valence-electron chi connectivity index (χ0n) is 11.6. The minimum absolute atomic E-state index is 0.0908. The molecule has 0 aromatic heterocycles. The Morgan fingerprint density at radius 1 is 1.24 bits per heavy atom. The van der Waals surface area contributed by atoms with Gasteiger partial charge in [0.25, 0.3) is 0 Å². The standard InChI is InChI=1S/C15H16F3NO2/c1-20-11-3-2-4-12(8-11)21-13-5-6-14(15(16,17)18)10(7-13)9-19/h5-7,11-12H,2-4,8H2,1H3.